The zero-order valence-corrected chi connectivity index (χ0v) is 22.2. The molecule has 0 aliphatic carbocycles. The van der Waals surface area contributed by atoms with E-state index in [1.165, 1.54) is 57.8 Å². The van der Waals surface area contributed by atoms with Crippen LogP contribution < -0.4 is 0 Å². The van der Waals surface area contributed by atoms with Crippen molar-refractivity contribution in [2.24, 2.45) is 17.8 Å². The summed E-state index contributed by atoms with van der Waals surface area (Å²) in [5.41, 5.74) is 0. The third-order valence-electron chi connectivity index (χ3n) is 5.68. The normalized spacial score (nSPS) is 12.2. The van der Waals surface area contributed by atoms with E-state index < -0.39 is 19.8 Å². The van der Waals surface area contributed by atoms with Crippen LogP contribution in [-0.2, 0) is 0 Å². The number of hydrogen-bond acceptors (Lipinski definition) is 0. The van der Waals surface area contributed by atoms with Gasteiger partial charge in [-0.25, -0.2) is 0 Å². The van der Waals surface area contributed by atoms with Gasteiger partial charge in [0.15, 0.2) is 0 Å². The summed E-state index contributed by atoms with van der Waals surface area (Å²) in [7, 11) is 0. The first-order valence-electron chi connectivity index (χ1n) is 11.9. The van der Waals surface area contributed by atoms with Gasteiger partial charge in [-0.3, -0.25) is 0 Å². The standard InChI is InChI=1S/3C8H17.Sn.H/c3*1-4-5-6-7-8(2)3;;/h3*8H,1,4-7H2,2-3H3;;. The molecule has 25 heavy (non-hydrogen) atoms. The van der Waals surface area contributed by atoms with Gasteiger partial charge in [-0.05, 0) is 0 Å². The van der Waals surface area contributed by atoms with Crippen LogP contribution in [0.2, 0.25) is 13.3 Å². The molecule has 0 spiro atoms. The SMILES string of the molecule is CC(C)CCCC[CH2][SnH]([CH2]CCCCC(C)C)[CH2]CCCCC(C)C. The molecular formula is C24H52Sn. The van der Waals surface area contributed by atoms with Crippen molar-refractivity contribution in [3.05, 3.63) is 0 Å². The molecule has 0 fully saturated rings. The Kier molecular flexibility index (Phi) is 18.8. The Morgan fingerprint density at radius 2 is 0.680 bits per heavy atom. The molecule has 0 aromatic carbocycles. The maximum atomic E-state index is 2.37. The van der Waals surface area contributed by atoms with Gasteiger partial charge in [0.1, 0.15) is 0 Å². The monoisotopic (exact) mass is 460 g/mol. The number of rotatable bonds is 18. The summed E-state index contributed by atoms with van der Waals surface area (Å²) in [6, 6.07) is 0. The molecule has 0 aromatic heterocycles. The van der Waals surface area contributed by atoms with Crippen LogP contribution in [0, 0.1) is 17.8 Å². The third-order valence-corrected chi connectivity index (χ3v) is 16.2. The fourth-order valence-electron chi connectivity index (χ4n) is 3.92. The van der Waals surface area contributed by atoms with Gasteiger partial charge in [-0.15, -0.1) is 0 Å². The van der Waals surface area contributed by atoms with Gasteiger partial charge >= 0.3 is 169 Å². The van der Waals surface area contributed by atoms with Crippen LogP contribution in [0.25, 0.3) is 0 Å². The molecule has 0 aliphatic heterocycles. The first kappa shape index (κ1) is 25.8. The fraction of sp³-hybridized carbons (Fsp3) is 1.00. The Hall–Kier alpha value is 0.799. The Morgan fingerprint density at radius 3 is 0.920 bits per heavy atom. The molecule has 0 bridgehead atoms. The van der Waals surface area contributed by atoms with Crippen molar-refractivity contribution in [2.45, 2.75) is 132 Å². The molecule has 0 aliphatic rings. The molecule has 0 heterocycles. The third kappa shape index (κ3) is 21.0. The van der Waals surface area contributed by atoms with Crippen LogP contribution in [0.3, 0.4) is 0 Å². The van der Waals surface area contributed by atoms with E-state index in [0.29, 0.717) is 0 Å². The maximum absolute atomic E-state index is 2.37. The molecule has 0 unspecified atom stereocenters. The van der Waals surface area contributed by atoms with Crippen molar-refractivity contribution >= 4 is 19.8 Å². The average Bonchev–Trinajstić information content (AvgIpc) is 2.52. The molecule has 0 N–H and O–H groups in total. The van der Waals surface area contributed by atoms with Crippen molar-refractivity contribution < 1.29 is 0 Å². The summed E-state index contributed by atoms with van der Waals surface area (Å²) >= 11 is -1.18. The van der Waals surface area contributed by atoms with Gasteiger partial charge < -0.3 is 0 Å². The van der Waals surface area contributed by atoms with Crippen LogP contribution in [0.5, 0.6) is 0 Å². The molecule has 0 rings (SSSR count). The molecular weight excluding hydrogens is 407 g/mol. The second-order valence-electron chi connectivity index (χ2n) is 9.96. The minimum atomic E-state index is -1.18. The molecule has 0 saturated heterocycles. The Morgan fingerprint density at radius 1 is 0.400 bits per heavy atom. The van der Waals surface area contributed by atoms with Gasteiger partial charge in [-0.2, -0.15) is 0 Å². The van der Waals surface area contributed by atoms with Crippen molar-refractivity contribution in [3.63, 3.8) is 0 Å². The van der Waals surface area contributed by atoms with Crippen molar-refractivity contribution in [1.29, 1.82) is 0 Å². The van der Waals surface area contributed by atoms with Gasteiger partial charge in [0, 0.05) is 0 Å². The van der Waals surface area contributed by atoms with E-state index in [4.69, 9.17) is 0 Å². The summed E-state index contributed by atoms with van der Waals surface area (Å²) < 4.78 is 5.15. The van der Waals surface area contributed by atoms with Gasteiger partial charge in [0.25, 0.3) is 0 Å². The predicted octanol–water partition coefficient (Wildman–Crippen LogP) is 8.86. The Balaban J connectivity index is 3.87. The molecule has 0 radical (unpaired) electrons. The first-order chi connectivity index (χ1) is 11.9. The molecule has 1 heteroatoms. The average molecular weight is 459 g/mol. The minimum absolute atomic E-state index is 0.904. The van der Waals surface area contributed by atoms with Gasteiger partial charge in [0.2, 0.25) is 0 Å². The molecule has 0 aromatic rings. The van der Waals surface area contributed by atoms with Crippen LogP contribution in [-0.4, -0.2) is 19.8 Å². The van der Waals surface area contributed by atoms with Gasteiger partial charge in [0.05, 0.1) is 0 Å². The zero-order valence-electron chi connectivity index (χ0n) is 18.9. The molecule has 152 valence electrons. The van der Waals surface area contributed by atoms with E-state index in [0.717, 1.165) is 17.8 Å². The van der Waals surface area contributed by atoms with Crippen molar-refractivity contribution in [1.82, 2.24) is 0 Å². The Bertz CT molecular complexity index is 214. The Labute approximate surface area is 169 Å². The van der Waals surface area contributed by atoms with Crippen LogP contribution >= 0.6 is 0 Å². The zero-order chi connectivity index (χ0) is 18.9. The van der Waals surface area contributed by atoms with Crippen LogP contribution in [0.15, 0.2) is 0 Å². The summed E-state index contributed by atoms with van der Waals surface area (Å²) in [6.45, 7) is 14.2. The van der Waals surface area contributed by atoms with Crippen LogP contribution in [0.4, 0.5) is 0 Å². The van der Waals surface area contributed by atoms with E-state index in [1.807, 2.05) is 0 Å². The van der Waals surface area contributed by atoms with Crippen molar-refractivity contribution in [3.8, 4) is 0 Å². The summed E-state index contributed by atoms with van der Waals surface area (Å²) in [4.78, 5) is 0. The van der Waals surface area contributed by atoms with Crippen molar-refractivity contribution in [2.75, 3.05) is 0 Å². The second-order valence-corrected chi connectivity index (χ2v) is 19.8. The fourth-order valence-corrected chi connectivity index (χ4v) is 13.8. The first-order valence-corrected chi connectivity index (χ1v) is 18.9. The molecule has 0 saturated carbocycles. The molecule has 0 amide bonds. The summed E-state index contributed by atoms with van der Waals surface area (Å²) in [6.07, 6.45) is 18.1. The number of unbranched alkanes of at least 4 members (excludes halogenated alkanes) is 6. The predicted molar refractivity (Wildman–Crippen MR) is 121 cm³/mol. The van der Waals surface area contributed by atoms with E-state index in [9.17, 15) is 0 Å². The molecule has 0 atom stereocenters. The van der Waals surface area contributed by atoms with Gasteiger partial charge in [-0.1, -0.05) is 0 Å². The summed E-state index contributed by atoms with van der Waals surface area (Å²) in [5, 5.41) is 0. The van der Waals surface area contributed by atoms with Crippen LogP contribution in [0.1, 0.15) is 119 Å². The molecule has 0 nitrogen and oxygen atoms in total. The topological polar surface area (TPSA) is 0 Å². The summed E-state index contributed by atoms with van der Waals surface area (Å²) in [5.74, 6) is 2.71. The van der Waals surface area contributed by atoms with E-state index in [2.05, 4.69) is 41.5 Å². The van der Waals surface area contributed by atoms with E-state index in [1.54, 1.807) is 32.6 Å². The quantitative estimate of drug-likeness (QED) is 0.142. The van der Waals surface area contributed by atoms with E-state index in [-0.39, 0.29) is 0 Å². The number of hydrogen-bond donors (Lipinski definition) is 0. The van der Waals surface area contributed by atoms with E-state index >= 15 is 0 Å². The second kappa shape index (κ2) is 18.2.